The van der Waals surface area contributed by atoms with Crippen LogP contribution in [0, 0.1) is 0 Å². The fourth-order valence-electron chi connectivity index (χ4n) is 3.71. The number of hydrogen-bond donors (Lipinski definition) is 1. The lowest BCUT2D eigenvalue weighted by molar-refractivity contribution is -0.115. The van der Waals surface area contributed by atoms with Crippen molar-refractivity contribution in [2.24, 2.45) is 4.99 Å². The molecule has 0 amide bonds. The lowest BCUT2D eigenvalue weighted by Crippen LogP contribution is -2.17. The minimum Gasteiger partial charge on any atom is -0.508 e. The van der Waals surface area contributed by atoms with Gasteiger partial charge in [0.25, 0.3) is 0 Å². The van der Waals surface area contributed by atoms with E-state index in [9.17, 15) is 9.90 Å². The van der Waals surface area contributed by atoms with E-state index in [1.54, 1.807) is 36.0 Å². The Kier molecular flexibility index (Phi) is 3.47. The van der Waals surface area contributed by atoms with Crippen molar-refractivity contribution in [1.82, 2.24) is 0 Å². The van der Waals surface area contributed by atoms with Crippen molar-refractivity contribution in [2.75, 3.05) is 0 Å². The van der Waals surface area contributed by atoms with Crippen molar-refractivity contribution in [2.45, 2.75) is 12.3 Å². The molecule has 0 fully saturated rings. The van der Waals surface area contributed by atoms with Gasteiger partial charge >= 0.3 is 0 Å². The fraction of sp³-hybridized carbons (Fsp3) is 0.0909. The highest BCUT2D eigenvalue weighted by Crippen LogP contribution is 2.43. The van der Waals surface area contributed by atoms with Crippen molar-refractivity contribution in [1.29, 1.82) is 0 Å². The Balaban J connectivity index is 1.69. The largest absolute Gasteiger partial charge is 0.508 e. The smallest absolute Gasteiger partial charge is 0.169 e. The number of carbonyl (C=O) groups is 1. The molecule has 0 spiro atoms. The molecule has 3 nitrogen and oxygen atoms in total. The van der Waals surface area contributed by atoms with Crippen LogP contribution in [0.1, 0.15) is 22.6 Å². The minimum atomic E-state index is -0.484. The predicted octanol–water partition coefficient (Wildman–Crippen LogP) is 4.50. The quantitative estimate of drug-likeness (QED) is 0.817. The predicted molar refractivity (Wildman–Crippen MR) is 104 cm³/mol. The number of nitrogens with zero attached hydrogens (tertiary/aromatic N) is 1. The van der Waals surface area contributed by atoms with Crippen LogP contribution in [-0.2, 0) is 11.2 Å². The highest BCUT2D eigenvalue weighted by atomic mass is 32.2. The Hall–Kier alpha value is -2.85. The molecule has 3 aliphatic rings. The number of aromatic hydroxyl groups is 1. The summed E-state index contributed by atoms with van der Waals surface area (Å²) >= 11 is 1.62. The van der Waals surface area contributed by atoms with Crippen molar-refractivity contribution >= 4 is 23.3 Å². The summed E-state index contributed by atoms with van der Waals surface area (Å²) in [7, 11) is 0. The third kappa shape index (κ3) is 2.37. The van der Waals surface area contributed by atoms with Gasteiger partial charge in [0.1, 0.15) is 5.75 Å². The normalized spacial score (nSPS) is 20.8. The number of ketones is 1. The number of rotatable bonds is 1. The molecule has 1 N–H and O–H groups in total. The maximum Gasteiger partial charge on any atom is 0.169 e. The number of thioether (sulfide) groups is 1. The van der Waals surface area contributed by atoms with Crippen molar-refractivity contribution in [3.8, 4) is 5.75 Å². The molecule has 5 rings (SSSR count). The minimum absolute atomic E-state index is 0.00553. The van der Waals surface area contributed by atoms with Gasteiger partial charge in [-0.15, -0.1) is 0 Å². The summed E-state index contributed by atoms with van der Waals surface area (Å²) in [5.41, 5.74) is 6.11. The Labute approximate surface area is 155 Å². The van der Waals surface area contributed by atoms with Crippen molar-refractivity contribution in [3.63, 3.8) is 0 Å². The second kappa shape index (κ2) is 5.85. The molecule has 0 radical (unpaired) electrons. The number of allylic oxidation sites excluding steroid dienone is 4. The van der Waals surface area contributed by atoms with Gasteiger partial charge in [-0.2, -0.15) is 0 Å². The van der Waals surface area contributed by atoms with Crippen LogP contribution in [-0.4, -0.2) is 16.6 Å². The fourth-order valence-corrected chi connectivity index (χ4v) is 4.61. The van der Waals surface area contributed by atoms with Gasteiger partial charge in [0.2, 0.25) is 0 Å². The van der Waals surface area contributed by atoms with Crippen molar-refractivity contribution < 1.29 is 9.90 Å². The zero-order valence-corrected chi connectivity index (χ0v) is 14.7. The van der Waals surface area contributed by atoms with E-state index in [0.717, 1.165) is 33.9 Å². The number of aliphatic imine (C=N–C) groups is 1. The van der Waals surface area contributed by atoms with Crippen molar-refractivity contribution in [3.05, 3.63) is 99.0 Å². The Morgan fingerprint density at radius 3 is 2.85 bits per heavy atom. The first-order chi connectivity index (χ1) is 12.7. The monoisotopic (exact) mass is 357 g/mol. The van der Waals surface area contributed by atoms with Gasteiger partial charge in [0.05, 0.1) is 17.3 Å². The van der Waals surface area contributed by atoms with Crippen LogP contribution >= 0.6 is 11.8 Å². The zero-order chi connectivity index (χ0) is 17.7. The van der Waals surface area contributed by atoms with Gasteiger partial charge in [-0.1, -0.05) is 48.2 Å². The third-order valence-electron chi connectivity index (χ3n) is 4.93. The SMILES string of the molecule is O=C1C=CC2=C(N=C3C(=CS2)Cc2ccccc23)C1c1cccc(O)c1. The number of benzene rings is 2. The zero-order valence-electron chi connectivity index (χ0n) is 13.8. The maximum absolute atomic E-state index is 12.7. The molecule has 0 aromatic heterocycles. The number of phenolic OH excluding ortho intramolecular Hbond substituents is 1. The summed E-state index contributed by atoms with van der Waals surface area (Å²) in [4.78, 5) is 18.7. The summed E-state index contributed by atoms with van der Waals surface area (Å²) in [6.07, 6.45) is 4.35. The van der Waals surface area contributed by atoms with E-state index in [2.05, 4.69) is 17.5 Å². The molecule has 0 saturated heterocycles. The maximum atomic E-state index is 12.7. The summed E-state index contributed by atoms with van der Waals surface area (Å²) < 4.78 is 0. The van der Waals surface area contributed by atoms with Crippen LogP contribution in [0.5, 0.6) is 5.75 Å². The number of fused-ring (bicyclic) bond motifs is 3. The van der Waals surface area contributed by atoms with E-state index in [1.165, 1.54) is 11.1 Å². The van der Waals surface area contributed by atoms with Crippen LogP contribution in [0.4, 0.5) is 0 Å². The molecule has 1 heterocycles. The van der Waals surface area contributed by atoms with Crippen LogP contribution < -0.4 is 0 Å². The number of carbonyl (C=O) groups excluding carboxylic acids is 1. The second-order valence-corrected chi connectivity index (χ2v) is 7.48. The first-order valence-corrected chi connectivity index (χ1v) is 9.37. The second-order valence-electron chi connectivity index (χ2n) is 6.57. The molecule has 2 aromatic rings. The van der Waals surface area contributed by atoms with E-state index in [-0.39, 0.29) is 11.5 Å². The van der Waals surface area contributed by atoms with Crippen LogP contribution in [0.15, 0.2) is 87.3 Å². The average Bonchev–Trinajstić information content (AvgIpc) is 2.88. The number of hydrogen-bond acceptors (Lipinski definition) is 4. The van der Waals surface area contributed by atoms with E-state index in [0.29, 0.717) is 0 Å². The summed E-state index contributed by atoms with van der Waals surface area (Å²) in [5.74, 6) is -0.331. The van der Waals surface area contributed by atoms with Gasteiger partial charge < -0.3 is 5.11 Å². The third-order valence-corrected chi connectivity index (χ3v) is 5.93. The molecule has 2 aromatic carbocycles. The summed E-state index contributed by atoms with van der Waals surface area (Å²) in [6.45, 7) is 0. The molecule has 0 bridgehead atoms. The lowest BCUT2D eigenvalue weighted by Gasteiger charge is -2.21. The first kappa shape index (κ1) is 15.4. The summed E-state index contributed by atoms with van der Waals surface area (Å²) in [5, 5.41) is 12.0. The molecule has 2 aliphatic carbocycles. The highest BCUT2D eigenvalue weighted by Gasteiger charge is 2.33. The molecule has 0 saturated carbocycles. The molecule has 26 heavy (non-hydrogen) atoms. The van der Waals surface area contributed by atoms with Crippen LogP contribution in [0.25, 0.3) is 0 Å². The van der Waals surface area contributed by atoms with Gasteiger partial charge in [0.15, 0.2) is 5.78 Å². The van der Waals surface area contributed by atoms with Gasteiger partial charge in [-0.3, -0.25) is 9.79 Å². The summed E-state index contributed by atoms with van der Waals surface area (Å²) in [6, 6.07) is 15.2. The first-order valence-electron chi connectivity index (χ1n) is 8.49. The van der Waals surface area contributed by atoms with E-state index in [1.807, 2.05) is 24.3 Å². The van der Waals surface area contributed by atoms with Gasteiger partial charge in [-0.25, -0.2) is 0 Å². The van der Waals surface area contributed by atoms with Crippen LogP contribution in [0.2, 0.25) is 0 Å². The molecule has 1 aliphatic heterocycles. The molecule has 1 atom stereocenters. The van der Waals surface area contributed by atoms with E-state index >= 15 is 0 Å². The van der Waals surface area contributed by atoms with Gasteiger partial charge in [-0.05, 0) is 46.4 Å². The molecular formula is C22H15NO2S. The topological polar surface area (TPSA) is 49.7 Å². The van der Waals surface area contributed by atoms with Gasteiger partial charge in [0, 0.05) is 16.9 Å². The standard InChI is InChI=1S/C22H15NO2S/c24-16-6-3-5-14(11-16)20-18(25)8-9-19-22(20)23-21-15(12-26-19)10-13-4-1-2-7-17(13)21/h1-9,11-12,20,24H,10H2. The van der Waals surface area contributed by atoms with E-state index < -0.39 is 5.92 Å². The molecular weight excluding hydrogens is 342 g/mol. The molecule has 4 heteroatoms. The van der Waals surface area contributed by atoms with Crippen LogP contribution in [0.3, 0.4) is 0 Å². The Bertz CT molecular complexity index is 1080. The Morgan fingerprint density at radius 2 is 1.96 bits per heavy atom. The van der Waals surface area contributed by atoms with E-state index in [4.69, 9.17) is 4.99 Å². The lowest BCUT2D eigenvalue weighted by atomic mass is 9.88. The molecule has 1 unspecified atom stereocenters. The average molecular weight is 357 g/mol. The molecule has 126 valence electrons. The highest BCUT2D eigenvalue weighted by molar-refractivity contribution is 8.06. The number of phenols is 1. The Morgan fingerprint density at radius 1 is 1.08 bits per heavy atom.